The second-order valence-corrected chi connectivity index (χ2v) is 9.20. The molecule has 0 spiro atoms. The molecule has 4 rings (SSSR count). The van der Waals surface area contributed by atoms with E-state index in [1.165, 1.54) is 22.7 Å². The molecule has 156 valence electrons. The van der Waals surface area contributed by atoms with Crippen LogP contribution >= 0.6 is 22.7 Å². The summed E-state index contributed by atoms with van der Waals surface area (Å²) >= 11 is 2.81. The molecule has 1 amide bonds. The first kappa shape index (κ1) is 20.4. The number of benzene rings is 1. The van der Waals surface area contributed by atoms with Crippen molar-refractivity contribution in [1.82, 2.24) is 0 Å². The minimum absolute atomic E-state index is 0.224. The number of nitrogens with one attached hydrogen (secondary N) is 1. The zero-order valence-corrected chi connectivity index (χ0v) is 18.5. The van der Waals surface area contributed by atoms with Crippen LogP contribution < -0.4 is 14.8 Å². The van der Waals surface area contributed by atoms with Gasteiger partial charge in [-0.3, -0.25) is 4.79 Å². The zero-order chi connectivity index (χ0) is 21.3. The van der Waals surface area contributed by atoms with Gasteiger partial charge in [0.1, 0.15) is 5.00 Å². The molecule has 0 bridgehead atoms. The van der Waals surface area contributed by atoms with E-state index in [1.807, 2.05) is 38.1 Å². The van der Waals surface area contributed by atoms with Crippen LogP contribution in [0.1, 0.15) is 47.8 Å². The van der Waals surface area contributed by atoms with Crippen LogP contribution in [0.3, 0.4) is 0 Å². The molecule has 0 saturated carbocycles. The van der Waals surface area contributed by atoms with Gasteiger partial charge in [-0.05, 0) is 56.2 Å². The Balaban J connectivity index is 1.65. The van der Waals surface area contributed by atoms with E-state index < -0.39 is 5.97 Å². The summed E-state index contributed by atoms with van der Waals surface area (Å²) in [5.41, 5.74) is 2.26. The van der Waals surface area contributed by atoms with Gasteiger partial charge in [-0.1, -0.05) is 6.07 Å². The van der Waals surface area contributed by atoms with Crippen molar-refractivity contribution in [3.8, 4) is 11.5 Å². The van der Waals surface area contributed by atoms with Gasteiger partial charge in [0.25, 0.3) is 5.91 Å². The van der Waals surface area contributed by atoms with Gasteiger partial charge in [-0.15, -0.1) is 22.7 Å². The van der Waals surface area contributed by atoms with Crippen molar-refractivity contribution < 1.29 is 23.8 Å². The molecule has 8 heteroatoms. The van der Waals surface area contributed by atoms with E-state index in [4.69, 9.17) is 14.2 Å². The van der Waals surface area contributed by atoms with Gasteiger partial charge in [0.2, 0.25) is 6.79 Å². The Morgan fingerprint density at radius 3 is 2.63 bits per heavy atom. The molecule has 0 radical (unpaired) electrons. The Hall–Kier alpha value is -2.84. The highest BCUT2D eigenvalue weighted by Gasteiger charge is 2.25. The Morgan fingerprint density at radius 2 is 1.90 bits per heavy atom. The molecular formula is C22H21NO5S2. The number of ether oxygens (including phenoxy) is 3. The van der Waals surface area contributed by atoms with E-state index in [2.05, 4.69) is 5.32 Å². The molecule has 1 aliphatic rings. The first-order valence-electron chi connectivity index (χ1n) is 9.52. The number of hydrogen-bond donors (Lipinski definition) is 1. The standard InChI is InChI=1S/C22H21NO5S2/c1-4-26-22(25)19-13(3)18(10-14-6-7-15-16(9-14)28-11-27-15)30-21(19)23-20(24)17-8-5-12(2)29-17/h5-9H,4,10-11H2,1-3H3,(H,23,24). The Bertz CT molecular complexity index is 1110. The van der Waals surface area contributed by atoms with Crippen molar-refractivity contribution in [3.63, 3.8) is 0 Å². The van der Waals surface area contributed by atoms with E-state index >= 15 is 0 Å². The lowest BCUT2D eigenvalue weighted by Crippen LogP contribution is -2.13. The Labute approximate surface area is 182 Å². The third-order valence-electron chi connectivity index (χ3n) is 4.72. The summed E-state index contributed by atoms with van der Waals surface area (Å²) in [5.74, 6) is 0.789. The number of esters is 1. The number of carbonyl (C=O) groups is 2. The number of thiophene rings is 2. The van der Waals surface area contributed by atoms with E-state index in [9.17, 15) is 9.59 Å². The molecule has 3 aromatic rings. The molecule has 0 fully saturated rings. The molecule has 0 aliphatic carbocycles. The predicted molar refractivity (Wildman–Crippen MR) is 117 cm³/mol. The minimum atomic E-state index is -0.430. The molecule has 1 N–H and O–H groups in total. The number of rotatable bonds is 6. The first-order valence-corrected chi connectivity index (χ1v) is 11.1. The highest BCUT2D eigenvalue weighted by Crippen LogP contribution is 2.38. The maximum atomic E-state index is 12.7. The molecule has 3 heterocycles. The van der Waals surface area contributed by atoms with Gasteiger partial charge in [-0.25, -0.2) is 4.79 Å². The molecule has 30 heavy (non-hydrogen) atoms. The van der Waals surface area contributed by atoms with Crippen molar-refractivity contribution in [3.05, 3.63) is 61.7 Å². The van der Waals surface area contributed by atoms with Crippen LogP contribution in [0.15, 0.2) is 30.3 Å². The van der Waals surface area contributed by atoms with Crippen LogP contribution in [-0.4, -0.2) is 25.3 Å². The van der Waals surface area contributed by atoms with Gasteiger partial charge < -0.3 is 19.5 Å². The third-order valence-corrected chi connectivity index (χ3v) is 6.92. The maximum absolute atomic E-state index is 12.7. The molecule has 1 aliphatic heterocycles. The van der Waals surface area contributed by atoms with Crippen LogP contribution in [-0.2, 0) is 11.2 Å². The summed E-state index contributed by atoms with van der Waals surface area (Å²) < 4.78 is 16.1. The molecular weight excluding hydrogens is 422 g/mol. The minimum Gasteiger partial charge on any atom is -0.462 e. The highest BCUT2D eigenvalue weighted by atomic mass is 32.1. The topological polar surface area (TPSA) is 73.9 Å². The number of aryl methyl sites for hydroxylation is 1. The van der Waals surface area contributed by atoms with Gasteiger partial charge in [-0.2, -0.15) is 0 Å². The first-order chi connectivity index (χ1) is 14.5. The quantitative estimate of drug-likeness (QED) is 0.532. The van der Waals surface area contributed by atoms with Crippen molar-refractivity contribution in [1.29, 1.82) is 0 Å². The van der Waals surface area contributed by atoms with E-state index in [0.29, 0.717) is 27.6 Å². The Morgan fingerprint density at radius 1 is 1.10 bits per heavy atom. The molecule has 0 unspecified atom stereocenters. The molecule has 1 aromatic carbocycles. The summed E-state index contributed by atoms with van der Waals surface area (Å²) in [4.78, 5) is 28.0. The lowest BCUT2D eigenvalue weighted by atomic mass is 10.1. The number of anilines is 1. The number of hydrogen-bond acceptors (Lipinski definition) is 7. The van der Waals surface area contributed by atoms with Gasteiger partial charge in [0.15, 0.2) is 11.5 Å². The lowest BCUT2D eigenvalue weighted by molar-refractivity contribution is 0.0527. The average Bonchev–Trinajstić information content (AvgIpc) is 3.41. The zero-order valence-electron chi connectivity index (χ0n) is 16.9. The molecule has 2 aromatic heterocycles. The van der Waals surface area contributed by atoms with Crippen molar-refractivity contribution in [2.24, 2.45) is 0 Å². The van der Waals surface area contributed by atoms with Gasteiger partial charge >= 0.3 is 5.97 Å². The van der Waals surface area contributed by atoms with Crippen LogP contribution in [0.25, 0.3) is 0 Å². The fourth-order valence-electron chi connectivity index (χ4n) is 3.22. The van der Waals surface area contributed by atoms with Crippen LogP contribution in [0, 0.1) is 13.8 Å². The SMILES string of the molecule is CCOC(=O)c1c(NC(=O)c2ccc(C)s2)sc(Cc2ccc3c(c2)OCO3)c1C. The summed E-state index contributed by atoms with van der Waals surface area (Å²) in [6, 6.07) is 9.49. The average molecular weight is 444 g/mol. The van der Waals surface area contributed by atoms with Crippen molar-refractivity contribution >= 4 is 39.6 Å². The smallest absolute Gasteiger partial charge is 0.341 e. The lowest BCUT2D eigenvalue weighted by Gasteiger charge is -2.06. The summed E-state index contributed by atoms with van der Waals surface area (Å²) in [5, 5.41) is 3.42. The van der Waals surface area contributed by atoms with E-state index in [1.54, 1.807) is 13.0 Å². The Kier molecular flexibility index (Phi) is 5.78. The number of amides is 1. The largest absolute Gasteiger partial charge is 0.462 e. The van der Waals surface area contributed by atoms with Crippen LogP contribution in [0.5, 0.6) is 11.5 Å². The van der Waals surface area contributed by atoms with Crippen LogP contribution in [0.4, 0.5) is 5.00 Å². The molecule has 0 saturated heterocycles. The fourth-order valence-corrected chi connectivity index (χ4v) is 5.21. The monoisotopic (exact) mass is 443 g/mol. The fraction of sp³-hybridized carbons (Fsp3) is 0.273. The number of fused-ring (bicyclic) bond motifs is 1. The maximum Gasteiger partial charge on any atom is 0.341 e. The summed E-state index contributed by atoms with van der Waals surface area (Å²) in [6.07, 6.45) is 0.605. The summed E-state index contributed by atoms with van der Waals surface area (Å²) in [6.45, 7) is 6.09. The summed E-state index contributed by atoms with van der Waals surface area (Å²) in [7, 11) is 0. The van der Waals surface area contributed by atoms with Crippen LogP contribution in [0.2, 0.25) is 0 Å². The third kappa shape index (κ3) is 4.06. The van der Waals surface area contributed by atoms with E-state index in [0.717, 1.165) is 26.6 Å². The molecule has 6 nitrogen and oxygen atoms in total. The second-order valence-electron chi connectivity index (χ2n) is 6.80. The predicted octanol–water partition coefficient (Wildman–Crippen LogP) is 5.17. The van der Waals surface area contributed by atoms with E-state index in [-0.39, 0.29) is 19.3 Å². The molecule has 0 atom stereocenters. The second kappa shape index (κ2) is 8.49. The normalized spacial score (nSPS) is 12.1. The van der Waals surface area contributed by atoms with Crippen molar-refractivity contribution in [2.45, 2.75) is 27.2 Å². The van der Waals surface area contributed by atoms with Gasteiger partial charge in [0.05, 0.1) is 17.0 Å². The van der Waals surface area contributed by atoms with Gasteiger partial charge in [0, 0.05) is 16.2 Å². The number of carbonyl (C=O) groups excluding carboxylic acids is 2. The van der Waals surface area contributed by atoms with Crippen molar-refractivity contribution in [2.75, 3.05) is 18.7 Å². The highest BCUT2D eigenvalue weighted by molar-refractivity contribution is 7.17.